The summed E-state index contributed by atoms with van der Waals surface area (Å²) in [5.41, 5.74) is -1.75. The summed E-state index contributed by atoms with van der Waals surface area (Å²) in [4.78, 5) is 35.8. The molecule has 0 radical (unpaired) electrons. The van der Waals surface area contributed by atoms with Gasteiger partial charge < -0.3 is 0 Å². The highest BCUT2D eigenvalue weighted by molar-refractivity contribution is 6.37. The molecule has 13 heteroatoms. The summed E-state index contributed by atoms with van der Waals surface area (Å²) in [6, 6.07) is 6.15. The van der Waals surface area contributed by atoms with Crippen molar-refractivity contribution in [3.63, 3.8) is 0 Å². The standard InChI is InChI=1S/C15H9Cl2FN6O4/c1-21(12-6-5-8(24(27)28)7-11(12)18)14(25)23-15(26)22(19-20-23)13-9(16)3-2-4-10(13)17/h2-7H,1H3. The molecular weight excluding hydrogens is 418 g/mol. The average molecular weight is 427 g/mol. The number of hydrogen-bond acceptors (Lipinski definition) is 6. The van der Waals surface area contributed by atoms with Gasteiger partial charge in [-0.05, 0) is 28.6 Å². The predicted molar refractivity (Wildman–Crippen MR) is 97.9 cm³/mol. The Morgan fingerprint density at radius 1 is 1.21 bits per heavy atom. The van der Waals surface area contributed by atoms with Crippen LogP contribution >= 0.6 is 23.2 Å². The molecule has 0 bridgehead atoms. The number of nitrogens with zero attached hydrogens (tertiary/aromatic N) is 6. The number of nitro groups is 1. The summed E-state index contributed by atoms with van der Waals surface area (Å²) in [6.45, 7) is 0. The zero-order valence-corrected chi connectivity index (χ0v) is 15.4. The first-order valence-corrected chi connectivity index (χ1v) is 8.19. The van der Waals surface area contributed by atoms with Crippen molar-refractivity contribution >= 4 is 40.6 Å². The van der Waals surface area contributed by atoms with E-state index in [1.54, 1.807) is 6.07 Å². The van der Waals surface area contributed by atoms with Gasteiger partial charge in [0.05, 0.1) is 26.7 Å². The second-order valence-electron chi connectivity index (χ2n) is 5.39. The quantitative estimate of drug-likeness (QED) is 0.361. The summed E-state index contributed by atoms with van der Waals surface area (Å²) in [5, 5.41) is 18.0. The lowest BCUT2D eigenvalue weighted by molar-refractivity contribution is -0.385. The highest BCUT2D eigenvalue weighted by atomic mass is 35.5. The number of carbonyl (C=O) groups excluding carboxylic acids is 1. The largest absolute Gasteiger partial charge is 0.377 e. The van der Waals surface area contributed by atoms with E-state index in [9.17, 15) is 24.1 Å². The minimum absolute atomic E-state index is 0.0269. The van der Waals surface area contributed by atoms with Gasteiger partial charge in [-0.15, -0.1) is 4.68 Å². The molecule has 10 nitrogen and oxygen atoms in total. The van der Waals surface area contributed by atoms with E-state index in [0.29, 0.717) is 10.7 Å². The van der Waals surface area contributed by atoms with Gasteiger partial charge in [0.25, 0.3) is 5.69 Å². The predicted octanol–water partition coefficient (Wildman–Crippen LogP) is 2.89. The summed E-state index contributed by atoms with van der Waals surface area (Å²) in [5.74, 6) is -1.03. The zero-order valence-electron chi connectivity index (χ0n) is 13.9. The van der Waals surface area contributed by atoms with Gasteiger partial charge in [-0.3, -0.25) is 15.0 Å². The van der Waals surface area contributed by atoms with Crippen molar-refractivity contribution in [2.24, 2.45) is 0 Å². The number of tetrazole rings is 1. The summed E-state index contributed by atoms with van der Waals surface area (Å²) >= 11 is 12.0. The lowest BCUT2D eigenvalue weighted by Crippen LogP contribution is -2.39. The van der Waals surface area contributed by atoms with Crippen molar-refractivity contribution in [3.8, 4) is 5.69 Å². The van der Waals surface area contributed by atoms with Crippen LogP contribution in [-0.2, 0) is 0 Å². The first-order valence-electron chi connectivity index (χ1n) is 7.43. The second-order valence-corrected chi connectivity index (χ2v) is 6.20. The highest BCUT2D eigenvalue weighted by Gasteiger charge is 2.24. The summed E-state index contributed by atoms with van der Waals surface area (Å²) in [6.07, 6.45) is 0. The Kier molecular flexibility index (Phi) is 5.12. The van der Waals surface area contributed by atoms with Crippen LogP contribution in [0.15, 0.2) is 41.2 Å². The SMILES string of the molecule is CN(C(=O)n1nnn(-c2c(Cl)cccc2Cl)c1=O)c1ccc([N+](=O)[O-])cc1F. The third-order valence-electron chi connectivity index (χ3n) is 3.70. The maximum Gasteiger partial charge on any atom is 0.377 e. The van der Waals surface area contributed by atoms with Crippen LogP contribution in [-0.4, -0.2) is 37.8 Å². The number of nitro benzene ring substituents is 1. The molecule has 0 aliphatic rings. The molecule has 3 aromatic rings. The van der Waals surface area contributed by atoms with Crippen molar-refractivity contribution in [2.45, 2.75) is 0 Å². The Hall–Kier alpha value is -3.31. The topological polar surface area (TPSA) is 116 Å². The Morgan fingerprint density at radius 3 is 2.43 bits per heavy atom. The Balaban J connectivity index is 1.99. The van der Waals surface area contributed by atoms with E-state index in [4.69, 9.17) is 23.2 Å². The van der Waals surface area contributed by atoms with Crippen LogP contribution in [0.5, 0.6) is 0 Å². The van der Waals surface area contributed by atoms with E-state index in [2.05, 4.69) is 10.4 Å². The number of halogens is 3. The number of rotatable bonds is 3. The minimum atomic E-state index is -1.05. The third-order valence-corrected chi connectivity index (χ3v) is 4.31. The molecule has 0 unspecified atom stereocenters. The minimum Gasteiger partial charge on any atom is -0.292 e. The van der Waals surface area contributed by atoms with Crippen LogP contribution in [0.3, 0.4) is 0 Å². The zero-order chi connectivity index (χ0) is 20.6. The Labute approximate surface area is 165 Å². The van der Waals surface area contributed by atoms with Gasteiger partial charge in [-0.2, -0.15) is 4.68 Å². The van der Waals surface area contributed by atoms with E-state index >= 15 is 0 Å². The van der Waals surface area contributed by atoms with Crippen molar-refractivity contribution in [1.29, 1.82) is 0 Å². The molecule has 0 N–H and O–H groups in total. The second kappa shape index (κ2) is 7.37. The molecule has 0 aliphatic carbocycles. The molecule has 1 aromatic heterocycles. The first-order chi connectivity index (χ1) is 13.2. The molecule has 0 spiro atoms. The van der Waals surface area contributed by atoms with Crippen LogP contribution in [0.25, 0.3) is 5.69 Å². The Morgan fingerprint density at radius 2 is 1.86 bits per heavy atom. The van der Waals surface area contributed by atoms with Gasteiger partial charge in [-0.25, -0.2) is 14.0 Å². The normalized spacial score (nSPS) is 10.7. The smallest absolute Gasteiger partial charge is 0.292 e. The van der Waals surface area contributed by atoms with E-state index < -0.39 is 28.1 Å². The molecule has 0 saturated heterocycles. The highest BCUT2D eigenvalue weighted by Crippen LogP contribution is 2.26. The number of amides is 1. The number of anilines is 1. The summed E-state index contributed by atoms with van der Waals surface area (Å²) in [7, 11) is 1.17. The molecule has 3 rings (SSSR count). The Bertz CT molecular complexity index is 1140. The molecule has 144 valence electrons. The number of aromatic nitrogens is 4. The van der Waals surface area contributed by atoms with Gasteiger partial charge in [0.1, 0.15) is 5.69 Å². The molecule has 0 saturated carbocycles. The van der Waals surface area contributed by atoms with Gasteiger partial charge in [-0.1, -0.05) is 29.3 Å². The van der Waals surface area contributed by atoms with Gasteiger partial charge in [0.2, 0.25) is 0 Å². The van der Waals surface area contributed by atoms with E-state index in [-0.39, 0.29) is 21.4 Å². The van der Waals surface area contributed by atoms with E-state index in [1.165, 1.54) is 19.2 Å². The van der Waals surface area contributed by atoms with Crippen molar-refractivity contribution in [1.82, 2.24) is 19.8 Å². The number of non-ortho nitro benzene ring substituents is 1. The summed E-state index contributed by atoms with van der Waals surface area (Å²) < 4.78 is 15.3. The number of carbonyl (C=O) groups is 1. The van der Waals surface area contributed by atoms with Crippen LogP contribution in [0.2, 0.25) is 10.0 Å². The van der Waals surface area contributed by atoms with Gasteiger partial charge in [0, 0.05) is 13.1 Å². The maximum atomic E-state index is 14.2. The fourth-order valence-electron chi connectivity index (χ4n) is 2.32. The molecule has 28 heavy (non-hydrogen) atoms. The molecule has 2 aromatic carbocycles. The van der Waals surface area contributed by atoms with Crippen LogP contribution in [0.4, 0.5) is 20.6 Å². The molecule has 0 aliphatic heterocycles. The molecular formula is C15H9Cl2FN6O4. The first kappa shape index (κ1) is 19.5. The van der Waals surface area contributed by atoms with E-state index in [1.807, 2.05) is 0 Å². The van der Waals surface area contributed by atoms with Crippen molar-refractivity contribution in [3.05, 3.63) is 72.9 Å². The maximum absolute atomic E-state index is 14.2. The molecule has 0 atom stereocenters. The lowest BCUT2D eigenvalue weighted by atomic mass is 10.2. The van der Waals surface area contributed by atoms with Crippen LogP contribution in [0.1, 0.15) is 0 Å². The fraction of sp³-hybridized carbons (Fsp3) is 0.0667. The van der Waals surface area contributed by atoms with Gasteiger partial charge >= 0.3 is 11.7 Å². The van der Waals surface area contributed by atoms with Crippen LogP contribution < -0.4 is 10.6 Å². The number of hydrogen-bond donors (Lipinski definition) is 0. The monoisotopic (exact) mass is 426 g/mol. The molecule has 1 amide bonds. The lowest BCUT2D eigenvalue weighted by Gasteiger charge is -2.16. The van der Waals surface area contributed by atoms with Crippen molar-refractivity contribution < 1.29 is 14.1 Å². The van der Waals surface area contributed by atoms with Gasteiger partial charge in [0.15, 0.2) is 5.82 Å². The number of benzene rings is 2. The van der Waals surface area contributed by atoms with E-state index in [0.717, 1.165) is 21.7 Å². The fourth-order valence-corrected chi connectivity index (χ4v) is 2.88. The molecule has 0 fully saturated rings. The van der Waals surface area contributed by atoms with Crippen LogP contribution in [0, 0.1) is 15.9 Å². The number of para-hydroxylation sites is 1. The molecule has 1 heterocycles. The van der Waals surface area contributed by atoms with Crippen molar-refractivity contribution in [2.75, 3.05) is 11.9 Å². The average Bonchev–Trinajstić information content (AvgIpc) is 3.01. The third kappa shape index (κ3) is 3.32.